The van der Waals surface area contributed by atoms with Crippen LogP contribution >= 0.6 is 0 Å². The van der Waals surface area contributed by atoms with Gasteiger partial charge in [0, 0.05) is 5.41 Å². The predicted molar refractivity (Wildman–Crippen MR) is 47.4 cm³/mol. The van der Waals surface area contributed by atoms with E-state index in [0.717, 1.165) is 0 Å². The van der Waals surface area contributed by atoms with Crippen LogP contribution in [-0.2, 0) is 9.53 Å². The first-order valence-electron chi connectivity index (χ1n) is 4.56. The fraction of sp³-hybridized carbons (Fsp3) is 0.889. The minimum absolute atomic E-state index is 0.257. The molecule has 96 valence electrons. The van der Waals surface area contributed by atoms with Crippen molar-refractivity contribution in [2.75, 3.05) is 13.2 Å². The van der Waals surface area contributed by atoms with E-state index in [-0.39, 0.29) is 13.2 Å². The minimum Gasteiger partial charge on any atom is -0.465 e. The van der Waals surface area contributed by atoms with Gasteiger partial charge in [-0.15, -0.1) is 0 Å². The number of rotatable bonds is 5. The Morgan fingerprint density at radius 1 is 1.38 bits per heavy atom. The molecule has 0 aromatic carbocycles. The second kappa shape index (κ2) is 5.47. The van der Waals surface area contributed by atoms with E-state index >= 15 is 0 Å². The van der Waals surface area contributed by atoms with Crippen molar-refractivity contribution in [3.8, 4) is 0 Å². The number of esters is 1. The lowest BCUT2D eigenvalue weighted by Gasteiger charge is -2.21. The smallest absolute Gasteiger partial charge is 0.420 e. The van der Waals surface area contributed by atoms with Gasteiger partial charge < -0.3 is 9.84 Å². The fourth-order valence-electron chi connectivity index (χ4n) is 0.642. The molecule has 0 spiro atoms. The second-order valence-electron chi connectivity index (χ2n) is 4.20. The van der Waals surface area contributed by atoms with Crippen molar-refractivity contribution in [1.29, 1.82) is 0 Å². The Kier molecular flexibility index (Phi) is 5.18. The molecule has 0 bridgehead atoms. The van der Waals surface area contributed by atoms with Crippen LogP contribution in [0.3, 0.4) is 0 Å². The van der Waals surface area contributed by atoms with Crippen molar-refractivity contribution >= 4 is 5.97 Å². The van der Waals surface area contributed by atoms with Gasteiger partial charge in [-0.3, -0.25) is 4.79 Å². The first kappa shape index (κ1) is 15.2. The fourth-order valence-corrected chi connectivity index (χ4v) is 0.642. The maximum Gasteiger partial charge on any atom is 0.420 e. The largest absolute Gasteiger partial charge is 0.465 e. The molecule has 7 heteroatoms. The van der Waals surface area contributed by atoms with Crippen LogP contribution < -0.4 is 0 Å². The highest BCUT2D eigenvalue weighted by molar-refractivity contribution is 5.70. The van der Waals surface area contributed by atoms with E-state index < -0.39 is 30.2 Å². The van der Waals surface area contributed by atoms with E-state index in [1.807, 2.05) is 0 Å². The van der Waals surface area contributed by atoms with Crippen LogP contribution in [-0.4, -0.2) is 36.6 Å². The predicted octanol–water partition coefficient (Wildman–Crippen LogP) is 1.84. The van der Waals surface area contributed by atoms with E-state index in [1.165, 1.54) is 0 Å². The summed E-state index contributed by atoms with van der Waals surface area (Å²) < 4.78 is 52.0. The third-order valence-electron chi connectivity index (χ3n) is 1.75. The average molecular weight is 246 g/mol. The summed E-state index contributed by atoms with van der Waals surface area (Å²) in [6.07, 6.45) is -9.62. The van der Waals surface area contributed by atoms with E-state index in [4.69, 9.17) is 5.11 Å². The van der Waals surface area contributed by atoms with E-state index in [1.54, 1.807) is 13.8 Å². The third kappa shape index (κ3) is 5.89. The van der Waals surface area contributed by atoms with Gasteiger partial charge in [-0.05, 0) is 0 Å². The molecular formula is C9H14F4O3. The number of carbonyl (C=O) groups excluding carboxylic acids is 1. The molecule has 0 fully saturated rings. The van der Waals surface area contributed by atoms with Crippen molar-refractivity contribution in [2.24, 2.45) is 5.41 Å². The molecule has 0 heterocycles. The molecule has 0 rings (SSSR count). The molecule has 16 heavy (non-hydrogen) atoms. The zero-order valence-corrected chi connectivity index (χ0v) is 8.97. The van der Waals surface area contributed by atoms with Gasteiger partial charge in [0.1, 0.15) is 0 Å². The Labute approximate surface area is 90.4 Å². The van der Waals surface area contributed by atoms with Crippen LogP contribution in [0, 0.1) is 5.41 Å². The molecule has 1 atom stereocenters. The lowest BCUT2D eigenvalue weighted by atomic mass is 9.97. The first-order chi connectivity index (χ1) is 7.08. The molecule has 0 radical (unpaired) electrons. The monoisotopic (exact) mass is 246 g/mol. The van der Waals surface area contributed by atoms with Gasteiger partial charge in [0.05, 0.1) is 19.6 Å². The molecule has 0 aliphatic rings. The second-order valence-corrected chi connectivity index (χ2v) is 4.20. The Hall–Kier alpha value is -0.850. The maximum absolute atomic E-state index is 12.4. The molecular weight excluding hydrogens is 232 g/mol. The Morgan fingerprint density at radius 3 is 2.25 bits per heavy atom. The van der Waals surface area contributed by atoms with Crippen LogP contribution in [0.4, 0.5) is 17.6 Å². The summed E-state index contributed by atoms with van der Waals surface area (Å²) in [5.74, 6) is -1.27. The SMILES string of the molecule is CC(C)(CO)COC(=O)CC(F)C(F)(F)F. The highest BCUT2D eigenvalue weighted by Gasteiger charge is 2.41. The molecule has 1 unspecified atom stereocenters. The van der Waals surface area contributed by atoms with E-state index in [2.05, 4.69) is 4.74 Å². The van der Waals surface area contributed by atoms with Gasteiger partial charge in [-0.1, -0.05) is 13.8 Å². The number of alkyl halides is 4. The summed E-state index contributed by atoms with van der Waals surface area (Å²) in [7, 11) is 0. The van der Waals surface area contributed by atoms with Crippen molar-refractivity contribution < 1.29 is 32.2 Å². The van der Waals surface area contributed by atoms with Gasteiger partial charge in [0.2, 0.25) is 6.17 Å². The van der Waals surface area contributed by atoms with Crippen molar-refractivity contribution in [3.05, 3.63) is 0 Å². The van der Waals surface area contributed by atoms with Gasteiger partial charge in [-0.25, -0.2) is 4.39 Å². The third-order valence-corrected chi connectivity index (χ3v) is 1.75. The number of ether oxygens (including phenoxy) is 1. The molecule has 0 aromatic heterocycles. The Bertz CT molecular complexity index is 237. The topological polar surface area (TPSA) is 46.5 Å². The summed E-state index contributed by atoms with van der Waals surface area (Å²) in [4.78, 5) is 10.8. The summed E-state index contributed by atoms with van der Waals surface area (Å²) >= 11 is 0. The van der Waals surface area contributed by atoms with Gasteiger partial charge in [-0.2, -0.15) is 13.2 Å². The number of aliphatic hydroxyl groups is 1. The zero-order chi connectivity index (χ0) is 13.0. The molecule has 0 aromatic rings. The Balaban J connectivity index is 4.02. The van der Waals surface area contributed by atoms with Crippen LogP contribution in [0.15, 0.2) is 0 Å². The lowest BCUT2D eigenvalue weighted by molar-refractivity contribution is -0.189. The van der Waals surface area contributed by atoms with Crippen LogP contribution in [0.2, 0.25) is 0 Å². The average Bonchev–Trinajstić information content (AvgIpc) is 2.13. The van der Waals surface area contributed by atoms with Gasteiger partial charge in [0.15, 0.2) is 0 Å². The van der Waals surface area contributed by atoms with Gasteiger partial charge in [0.25, 0.3) is 0 Å². The quantitative estimate of drug-likeness (QED) is 0.594. The van der Waals surface area contributed by atoms with Crippen LogP contribution in [0.1, 0.15) is 20.3 Å². The molecule has 0 saturated carbocycles. The number of halogens is 4. The number of hydrogen-bond acceptors (Lipinski definition) is 3. The summed E-state index contributed by atoms with van der Waals surface area (Å²) in [5, 5.41) is 8.77. The summed E-state index contributed by atoms with van der Waals surface area (Å²) in [5.41, 5.74) is -0.750. The molecule has 0 aliphatic carbocycles. The van der Waals surface area contributed by atoms with Gasteiger partial charge >= 0.3 is 12.1 Å². The summed E-state index contributed by atoms with van der Waals surface area (Å²) in [6.45, 7) is 2.56. The molecule has 0 aliphatic heterocycles. The van der Waals surface area contributed by atoms with Crippen LogP contribution in [0.5, 0.6) is 0 Å². The maximum atomic E-state index is 12.4. The Morgan fingerprint density at radius 2 is 1.88 bits per heavy atom. The van der Waals surface area contributed by atoms with E-state index in [0.29, 0.717) is 0 Å². The molecule has 3 nitrogen and oxygen atoms in total. The zero-order valence-electron chi connectivity index (χ0n) is 8.97. The molecule has 1 N–H and O–H groups in total. The normalized spacial score (nSPS) is 14.7. The standard InChI is InChI=1S/C9H14F4O3/c1-8(2,4-14)5-16-7(15)3-6(10)9(11,12)13/h6,14H,3-5H2,1-2H3. The minimum atomic E-state index is -5.05. The van der Waals surface area contributed by atoms with Crippen molar-refractivity contribution in [2.45, 2.75) is 32.6 Å². The highest BCUT2D eigenvalue weighted by Crippen LogP contribution is 2.25. The first-order valence-corrected chi connectivity index (χ1v) is 4.56. The number of aliphatic hydroxyl groups excluding tert-OH is 1. The molecule has 0 amide bonds. The number of carbonyl (C=O) groups is 1. The summed E-state index contributed by atoms with van der Waals surface area (Å²) in [6, 6.07) is 0. The van der Waals surface area contributed by atoms with Crippen molar-refractivity contribution in [1.82, 2.24) is 0 Å². The van der Waals surface area contributed by atoms with E-state index in [9.17, 15) is 22.4 Å². The van der Waals surface area contributed by atoms with Crippen LogP contribution in [0.25, 0.3) is 0 Å². The lowest BCUT2D eigenvalue weighted by Crippen LogP contribution is -2.30. The van der Waals surface area contributed by atoms with Crippen molar-refractivity contribution in [3.63, 3.8) is 0 Å². The highest BCUT2D eigenvalue weighted by atomic mass is 19.4. The number of hydrogen-bond donors (Lipinski definition) is 1. The molecule has 0 saturated heterocycles.